The molecule has 2 N–H and O–H groups in total. The Morgan fingerprint density at radius 3 is 2.65 bits per heavy atom. The molecule has 0 radical (unpaired) electrons. The van der Waals surface area contributed by atoms with E-state index in [0.717, 1.165) is 31.2 Å². The smallest absolute Gasteiger partial charge is 0.252 e. The number of carbonyl (C=O) groups excluding carboxylic acids is 1. The minimum Gasteiger partial charge on any atom is -0.396 e. The molecule has 0 spiro atoms. The largest absolute Gasteiger partial charge is 0.396 e. The molecule has 0 aromatic heterocycles. The van der Waals surface area contributed by atoms with Crippen LogP contribution in [-0.4, -0.2) is 24.2 Å². The van der Waals surface area contributed by atoms with Crippen LogP contribution in [0.1, 0.15) is 48.0 Å². The van der Waals surface area contributed by atoms with E-state index in [-0.39, 0.29) is 17.9 Å². The van der Waals surface area contributed by atoms with E-state index in [4.69, 9.17) is 11.6 Å². The molecule has 0 bridgehead atoms. The van der Waals surface area contributed by atoms with Crippen molar-refractivity contribution in [3.63, 3.8) is 0 Å². The summed E-state index contributed by atoms with van der Waals surface area (Å²) >= 11 is 6.10. The van der Waals surface area contributed by atoms with Crippen molar-refractivity contribution < 1.29 is 9.90 Å². The second kappa shape index (κ2) is 6.59. The van der Waals surface area contributed by atoms with Gasteiger partial charge in [0.25, 0.3) is 5.91 Å². The molecule has 3 nitrogen and oxygen atoms in total. The number of rotatable bonds is 4. The van der Waals surface area contributed by atoms with Crippen molar-refractivity contribution >= 4 is 17.5 Å². The molecule has 1 aromatic carbocycles. The van der Waals surface area contributed by atoms with Gasteiger partial charge in [0.1, 0.15) is 0 Å². The van der Waals surface area contributed by atoms with E-state index in [2.05, 4.69) is 5.32 Å². The zero-order valence-electron chi connectivity index (χ0n) is 11.9. The Labute approximate surface area is 125 Å². The van der Waals surface area contributed by atoms with Crippen LogP contribution in [0.4, 0.5) is 0 Å². The van der Waals surface area contributed by atoms with Crippen LogP contribution in [0.3, 0.4) is 0 Å². The van der Waals surface area contributed by atoms with Crippen LogP contribution in [0.15, 0.2) is 18.2 Å². The minimum atomic E-state index is -0.159. The van der Waals surface area contributed by atoms with Crippen LogP contribution in [-0.2, 0) is 0 Å². The maximum atomic E-state index is 12.2. The molecule has 20 heavy (non-hydrogen) atoms. The molecule has 2 rings (SSSR count). The Bertz CT molecular complexity index is 481. The molecule has 0 unspecified atom stereocenters. The number of aryl methyl sites for hydroxylation is 1. The molecular formula is C16H22ClNO2. The van der Waals surface area contributed by atoms with Gasteiger partial charge in [-0.3, -0.25) is 4.79 Å². The SMILES string of the molecule is Cc1ccc(C(=O)NCC2(CO)CCCCC2)c(Cl)c1. The maximum Gasteiger partial charge on any atom is 0.252 e. The first-order valence-electron chi connectivity index (χ1n) is 7.22. The van der Waals surface area contributed by atoms with Crippen LogP contribution in [0.25, 0.3) is 0 Å². The first-order valence-corrected chi connectivity index (χ1v) is 7.59. The summed E-state index contributed by atoms with van der Waals surface area (Å²) in [4.78, 5) is 12.2. The standard InChI is InChI=1S/C16H22ClNO2/c1-12-5-6-13(14(17)9-12)15(20)18-10-16(11-19)7-3-2-4-8-16/h5-6,9,19H,2-4,7-8,10-11H2,1H3,(H,18,20). The lowest BCUT2D eigenvalue weighted by Gasteiger charge is -2.35. The summed E-state index contributed by atoms with van der Waals surface area (Å²) in [5, 5.41) is 13.1. The highest BCUT2D eigenvalue weighted by Gasteiger charge is 2.31. The van der Waals surface area contributed by atoms with Crippen molar-refractivity contribution in [2.45, 2.75) is 39.0 Å². The van der Waals surface area contributed by atoms with Crippen molar-refractivity contribution in [2.75, 3.05) is 13.2 Å². The fourth-order valence-electron chi connectivity index (χ4n) is 2.86. The van der Waals surface area contributed by atoms with Crippen LogP contribution in [0.2, 0.25) is 5.02 Å². The van der Waals surface area contributed by atoms with E-state index >= 15 is 0 Å². The number of hydrogen-bond acceptors (Lipinski definition) is 2. The number of aliphatic hydroxyl groups excluding tert-OH is 1. The lowest BCUT2D eigenvalue weighted by molar-refractivity contribution is 0.0718. The van der Waals surface area contributed by atoms with E-state index in [1.165, 1.54) is 6.42 Å². The van der Waals surface area contributed by atoms with Crippen LogP contribution >= 0.6 is 11.6 Å². The van der Waals surface area contributed by atoms with Crippen LogP contribution in [0.5, 0.6) is 0 Å². The molecule has 1 aromatic rings. The van der Waals surface area contributed by atoms with Gasteiger partial charge < -0.3 is 10.4 Å². The normalized spacial score (nSPS) is 17.8. The predicted molar refractivity (Wildman–Crippen MR) is 81.1 cm³/mol. The Morgan fingerprint density at radius 2 is 2.05 bits per heavy atom. The fraction of sp³-hybridized carbons (Fsp3) is 0.562. The summed E-state index contributed by atoms with van der Waals surface area (Å²) in [7, 11) is 0. The summed E-state index contributed by atoms with van der Waals surface area (Å²) < 4.78 is 0. The molecule has 0 aliphatic heterocycles. The van der Waals surface area contributed by atoms with Gasteiger partial charge in [0.15, 0.2) is 0 Å². The number of carbonyl (C=O) groups is 1. The molecule has 1 amide bonds. The van der Waals surface area contributed by atoms with E-state index in [0.29, 0.717) is 17.1 Å². The highest BCUT2D eigenvalue weighted by Crippen LogP contribution is 2.35. The van der Waals surface area contributed by atoms with Gasteiger partial charge in [-0.05, 0) is 37.5 Å². The third kappa shape index (κ3) is 3.53. The zero-order valence-corrected chi connectivity index (χ0v) is 12.7. The maximum absolute atomic E-state index is 12.2. The van der Waals surface area contributed by atoms with Crippen molar-refractivity contribution in [1.82, 2.24) is 5.32 Å². The van der Waals surface area contributed by atoms with Gasteiger partial charge >= 0.3 is 0 Å². The van der Waals surface area contributed by atoms with E-state index in [1.807, 2.05) is 13.0 Å². The lowest BCUT2D eigenvalue weighted by Crippen LogP contribution is -2.41. The van der Waals surface area contributed by atoms with Crippen LogP contribution < -0.4 is 5.32 Å². The molecule has 0 saturated heterocycles. The Kier molecular flexibility index (Phi) is 5.06. The highest BCUT2D eigenvalue weighted by molar-refractivity contribution is 6.33. The average Bonchev–Trinajstić information content (AvgIpc) is 2.46. The first kappa shape index (κ1) is 15.3. The summed E-state index contributed by atoms with van der Waals surface area (Å²) in [6.07, 6.45) is 5.43. The molecule has 4 heteroatoms. The number of hydrogen-bond donors (Lipinski definition) is 2. The Balaban J connectivity index is 2.00. The predicted octanol–water partition coefficient (Wildman–Crippen LogP) is 3.32. The second-order valence-electron chi connectivity index (χ2n) is 5.88. The fourth-order valence-corrected chi connectivity index (χ4v) is 3.18. The van der Waals surface area contributed by atoms with E-state index < -0.39 is 0 Å². The number of nitrogens with one attached hydrogen (secondary N) is 1. The number of amides is 1. The van der Waals surface area contributed by atoms with Gasteiger partial charge in [-0.15, -0.1) is 0 Å². The molecule has 1 saturated carbocycles. The quantitative estimate of drug-likeness (QED) is 0.895. The number of aliphatic hydroxyl groups is 1. The molecule has 1 aliphatic carbocycles. The average molecular weight is 296 g/mol. The summed E-state index contributed by atoms with van der Waals surface area (Å²) in [6.45, 7) is 2.60. The Morgan fingerprint density at radius 1 is 1.35 bits per heavy atom. The summed E-state index contributed by atoms with van der Waals surface area (Å²) in [6, 6.07) is 5.42. The topological polar surface area (TPSA) is 49.3 Å². The van der Waals surface area contributed by atoms with Crippen molar-refractivity contribution in [1.29, 1.82) is 0 Å². The molecule has 110 valence electrons. The van der Waals surface area contributed by atoms with E-state index in [1.54, 1.807) is 12.1 Å². The van der Waals surface area contributed by atoms with Gasteiger partial charge in [-0.1, -0.05) is 36.9 Å². The summed E-state index contributed by atoms with van der Waals surface area (Å²) in [5.74, 6) is -0.159. The minimum absolute atomic E-state index is 0.134. The van der Waals surface area contributed by atoms with Gasteiger partial charge in [-0.2, -0.15) is 0 Å². The molecule has 1 fully saturated rings. The molecule has 1 aliphatic rings. The number of halogens is 1. The van der Waals surface area contributed by atoms with Crippen molar-refractivity contribution in [3.05, 3.63) is 34.3 Å². The van der Waals surface area contributed by atoms with Crippen molar-refractivity contribution in [3.8, 4) is 0 Å². The molecule has 0 heterocycles. The third-order valence-corrected chi connectivity index (χ3v) is 4.56. The van der Waals surface area contributed by atoms with Gasteiger partial charge in [0, 0.05) is 12.0 Å². The zero-order chi connectivity index (χ0) is 14.6. The third-order valence-electron chi connectivity index (χ3n) is 4.24. The molecular weight excluding hydrogens is 274 g/mol. The Hall–Kier alpha value is -1.06. The molecule has 0 atom stereocenters. The number of benzene rings is 1. The second-order valence-corrected chi connectivity index (χ2v) is 6.29. The van der Waals surface area contributed by atoms with Crippen LogP contribution in [0, 0.1) is 12.3 Å². The highest BCUT2D eigenvalue weighted by atomic mass is 35.5. The summed E-state index contributed by atoms with van der Waals surface area (Å²) in [5.41, 5.74) is 1.39. The van der Waals surface area contributed by atoms with Gasteiger partial charge in [0.05, 0.1) is 17.2 Å². The van der Waals surface area contributed by atoms with Gasteiger partial charge in [-0.25, -0.2) is 0 Å². The monoisotopic (exact) mass is 295 g/mol. The first-order chi connectivity index (χ1) is 9.56. The lowest BCUT2D eigenvalue weighted by atomic mass is 9.74. The van der Waals surface area contributed by atoms with E-state index in [9.17, 15) is 9.90 Å². The van der Waals surface area contributed by atoms with Crippen molar-refractivity contribution in [2.24, 2.45) is 5.41 Å². The van der Waals surface area contributed by atoms with Gasteiger partial charge in [0.2, 0.25) is 0 Å².